The summed E-state index contributed by atoms with van der Waals surface area (Å²) in [5, 5.41) is 1.74. The number of nitrogens with zero attached hydrogens (tertiary/aromatic N) is 2. The van der Waals surface area contributed by atoms with Gasteiger partial charge in [0.1, 0.15) is 5.65 Å². The van der Waals surface area contributed by atoms with Gasteiger partial charge in [-0.05, 0) is 31.2 Å². The topological polar surface area (TPSA) is 17.8 Å². The SMILES string of the molecule is Cc1cc2c(Cl)ccnc2n1-c1ccccc1. The molecule has 0 bridgehead atoms. The number of hydrogen-bond donors (Lipinski definition) is 0. The highest BCUT2D eigenvalue weighted by molar-refractivity contribution is 6.35. The van der Waals surface area contributed by atoms with Gasteiger partial charge in [-0.25, -0.2) is 4.98 Å². The van der Waals surface area contributed by atoms with E-state index >= 15 is 0 Å². The Kier molecular flexibility index (Phi) is 2.37. The molecular formula is C14H11ClN2. The van der Waals surface area contributed by atoms with Crippen LogP contribution in [0.2, 0.25) is 5.02 Å². The van der Waals surface area contributed by atoms with Gasteiger partial charge in [0.25, 0.3) is 0 Å². The Morgan fingerprint density at radius 3 is 2.65 bits per heavy atom. The molecular weight excluding hydrogens is 232 g/mol. The minimum Gasteiger partial charge on any atom is -0.299 e. The second-order valence-corrected chi connectivity index (χ2v) is 4.39. The molecule has 0 spiro atoms. The van der Waals surface area contributed by atoms with E-state index < -0.39 is 0 Å². The van der Waals surface area contributed by atoms with Gasteiger partial charge in [0.15, 0.2) is 0 Å². The Balaban J connectivity index is 2.37. The molecule has 2 heterocycles. The maximum absolute atomic E-state index is 6.18. The smallest absolute Gasteiger partial charge is 0.146 e. The zero-order valence-corrected chi connectivity index (χ0v) is 10.1. The maximum Gasteiger partial charge on any atom is 0.146 e. The molecule has 0 aliphatic rings. The third kappa shape index (κ3) is 1.61. The van der Waals surface area contributed by atoms with Gasteiger partial charge < -0.3 is 0 Å². The Morgan fingerprint density at radius 2 is 1.88 bits per heavy atom. The fraction of sp³-hybridized carbons (Fsp3) is 0.0714. The summed E-state index contributed by atoms with van der Waals surface area (Å²) >= 11 is 6.18. The molecule has 0 aliphatic carbocycles. The quantitative estimate of drug-likeness (QED) is 0.631. The predicted octanol–water partition coefficient (Wildman–Crippen LogP) is 3.99. The maximum atomic E-state index is 6.18. The fourth-order valence-electron chi connectivity index (χ4n) is 2.09. The standard InChI is InChI=1S/C14H11ClN2/c1-10-9-12-13(15)7-8-16-14(12)17(10)11-5-3-2-4-6-11/h2-9H,1H3. The first-order valence-corrected chi connectivity index (χ1v) is 5.83. The predicted molar refractivity (Wildman–Crippen MR) is 70.8 cm³/mol. The average Bonchev–Trinajstić information content (AvgIpc) is 2.68. The van der Waals surface area contributed by atoms with E-state index in [9.17, 15) is 0 Å². The van der Waals surface area contributed by atoms with Crippen molar-refractivity contribution in [1.29, 1.82) is 0 Å². The van der Waals surface area contributed by atoms with Crippen LogP contribution in [0.25, 0.3) is 16.7 Å². The van der Waals surface area contributed by atoms with Gasteiger partial charge in [0.2, 0.25) is 0 Å². The summed E-state index contributed by atoms with van der Waals surface area (Å²) in [6, 6.07) is 14.1. The van der Waals surface area contributed by atoms with Gasteiger partial charge in [-0.1, -0.05) is 29.8 Å². The Bertz CT molecular complexity index is 671. The van der Waals surface area contributed by atoms with Gasteiger partial charge in [-0.2, -0.15) is 0 Å². The zero-order chi connectivity index (χ0) is 11.8. The largest absolute Gasteiger partial charge is 0.299 e. The third-order valence-corrected chi connectivity index (χ3v) is 3.18. The lowest BCUT2D eigenvalue weighted by molar-refractivity contribution is 1.03. The molecule has 0 unspecified atom stereocenters. The molecule has 0 fully saturated rings. The molecule has 2 nitrogen and oxygen atoms in total. The highest BCUT2D eigenvalue weighted by Gasteiger charge is 2.10. The number of aryl methyl sites for hydroxylation is 1. The molecule has 2 aromatic heterocycles. The normalized spacial score (nSPS) is 10.9. The van der Waals surface area contributed by atoms with Crippen molar-refractivity contribution in [3.8, 4) is 5.69 Å². The van der Waals surface area contributed by atoms with E-state index in [1.54, 1.807) is 6.20 Å². The first-order valence-electron chi connectivity index (χ1n) is 5.45. The molecule has 84 valence electrons. The number of para-hydroxylation sites is 1. The lowest BCUT2D eigenvalue weighted by Crippen LogP contribution is -1.96. The molecule has 0 aliphatic heterocycles. The average molecular weight is 243 g/mol. The van der Waals surface area contributed by atoms with Gasteiger partial charge in [0, 0.05) is 23.0 Å². The van der Waals surface area contributed by atoms with Crippen molar-refractivity contribution in [3.05, 3.63) is 59.4 Å². The van der Waals surface area contributed by atoms with Crippen LogP contribution in [0.4, 0.5) is 0 Å². The molecule has 3 aromatic rings. The molecule has 0 amide bonds. The van der Waals surface area contributed by atoms with E-state index in [0.29, 0.717) is 0 Å². The van der Waals surface area contributed by atoms with Crippen LogP contribution < -0.4 is 0 Å². The fourth-order valence-corrected chi connectivity index (χ4v) is 2.29. The highest BCUT2D eigenvalue weighted by Crippen LogP contribution is 2.27. The van der Waals surface area contributed by atoms with Gasteiger partial charge in [-0.3, -0.25) is 4.57 Å². The molecule has 3 rings (SSSR count). The van der Waals surface area contributed by atoms with Crippen LogP contribution in [-0.4, -0.2) is 9.55 Å². The van der Waals surface area contributed by atoms with Gasteiger partial charge in [-0.15, -0.1) is 0 Å². The van der Waals surface area contributed by atoms with Crippen molar-refractivity contribution in [2.75, 3.05) is 0 Å². The Labute approximate surface area is 104 Å². The number of aromatic nitrogens is 2. The van der Waals surface area contributed by atoms with Crippen molar-refractivity contribution < 1.29 is 0 Å². The second-order valence-electron chi connectivity index (χ2n) is 3.99. The van der Waals surface area contributed by atoms with E-state index in [1.165, 1.54) is 0 Å². The highest BCUT2D eigenvalue weighted by atomic mass is 35.5. The minimum absolute atomic E-state index is 0.743. The van der Waals surface area contributed by atoms with E-state index in [4.69, 9.17) is 11.6 Å². The minimum atomic E-state index is 0.743. The summed E-state index contributed by atoms with van der Waals surface area (Å²) in [7, 11) is 0. The summed E-state index contributed by atoms with van der Waals surface area (Å²) in [5.41, 5.74) is 3.14. The molecule has 0 saturated carbocycles. The molecule has 0 saturated heterocycles. The molecule has 17 heavy (non-hydrogen) atoms. The van der Waals surface area contributed by atoms with Crippen LogP contribution in [0.3, 0.4) is 0 Å². The molecule has 0 radical (unpaired) electrons. The zero-order valence-electron chi connectivity index (χ0n) is 9.39. The Hall–Kier alpha value is -1.80. The van der Waals surface area contributed by atoms with Gasteiger partial charge >= 0.3 is 0 Å². The van der Waals surface area contributed by atoms with Crippen molar-refractivity contribution >= 4 is 22.6 Å². The molecule has 3 heteroatoms. The number of pyridine rings is 1. The molecule has 0 atom stereocenters. The van der Waals surface area contributed by atoms with Crippen LogP contribution in [0.5, 0.6) is 0 Å². The number of rotatable bonds is 1. The van der Waals surface area contributed by atoms with E-state index in [0.717, 1.165) is 27.4 Å². The van der Waals surface area contributed by atoms with E-state index in [1.807, 2.05) is 24.3 Å². The molecule has 1 aromatic carbocycles. The number of fused-ring (bicyclic) bond motifs is 1. The van der Waals surface area contributed by atoms with E-state index in [2.05, 4.69) is 34.7 Å². The van der Waals surface area contributed by atoms with Crippen molar-refractivity contribution in [2.24, 2.45) is 0 Å². The monoisotopic (exact) mass is 242 g/mol. The first-order chi connectivity index (χ1) is 8.27. The summed E-state index contributed by atoms with van der Waals surface area (Å²) in [5.74, 6) is 0. The summed E-state index contributed by atoms with van der Waals surface area (Å²) in [6.07, 6.45) is 1.74. The first kappa shape index (κ1) is 10.4. The van der Waals surface area contributed by atoms with Gasteiger partial charge in [0.05, 0.1) is 5.02 Å². The lowest BCUT2D eigenvalue weighted by atomic mass is 10.3. The van der Waals surface area contributed by atoms with Crippen LogP contribution in [0, 0.1) is 6.92 Å². The number of hydrogen-bond acceptors (Lipinski definition) is 1. The van der Waals surface area contributed by atoms with Crippen molar-refractivity contribution in [1.82, 2.24) is 9.55 Å². The summed E-state index contributed by atoms with van der Waals surface area (Å²) < 4.78 is 2.11. The summed E-state index contributed by atoms with van der Waals surface area (Å²) in [4.78, 5) is 4.42. The van der Waals surface area contributed by atoms with Crippen molar-refractivity contribution in [2.45, 2.75) is 6.92 Å². The third-order valence-electron chi connectivity index (χ3n) is 2.85. The lowest BCUT2D eigenvalue weighted by Gasteiger charge is -2.06. The van der Waals surface area contributed by atoms with Crippen LogP contribution in [0.1, 0.15) is 5.69 Å². The van der Waals surface area contributed by atoms with Crippen LogP contribution in [-0.2, 0) is 0 Å². The van der Waals surface area contributed by atoms with Crippen LogP contribution in [0.15, 0.2) is 48.7 Å². The number of halogens is 1. The Morgan fingerprint density at radius 1 is 1.12 bits per heavy atom. The molecule has 0 N–H and O–H groups in total. The second kappa shape index (κ2) is 3.90. The van der Waals surface area contributed by atoms with Crippen molar-refractivity contribution in [3.63, 3.8) is 0 Å². The summed E-state index contributed by atoms with van der Waals surface area (Å²) in [6.45, 7) is 2.06. The van der Waals surface area contributed by atoms with E-state index in [-0.39, 0.29) is 0 Å². The van der Waals surface area contributed by atoms with Crippen LogP contribution >= 0.6 is 11.6 Å². The number of benzene rings is 1.